The van der Waals surface area contributed by atoms with Gasteiger partial charge in [-0.15, -0.1) is 0 Å². The fraction of sp³-hybridized carbons (Fsp3) is 0.286. The van der Waals surface area contributed by atoms with Crippen LogP contribution in [0, 0.1) is 16.0 Å². The summed E-state index contributed by atoms with van der Waals surface area (Å²) < 4.78 is 0. The number of carbonyl (C=O) groups excluding carboxylic acids is 1. The Morgan fingerprint density at radius 1 is 1.04 bits per heavy atom. The van der Waals surface area contributed by atoms with Gasteiger partial charge in [0.15, 0.2) is 0 Å². The van der Waals surface area contributed by atoms with Crippen LogP contribution in [0.4, 0.5) is 5.69 Å². The Hall–Kier alpha value is -2.95. The van der Waals surface area contributed by atoms with Crippen molar-refractivity contribution in [3.05, 3.63) is 81.9 Å². The smallest absolute Gasteiger partial charge is 0.269 e. The van der Waals surface area contributed by atoms with Gasteiger partial charge in [0.2, 0.25) is 5.91 Å². The predicted molar refractivity (Wildman–Crippen MR) is 102 cm³/mol. The monoisotopic (exact) mass is 350 g/mol. The van der Waals surface area contributed by atoms with Gasteiger partial charge in [-0.2, -0.15) is 0 Å². The normalized spacial score (nSPS) is 15.7. The predicted octanol–water partition coefficient (Wildman–Crippen LogP) is 4.29. The number of hydrogen-bond donors (Lipinski definition) is 0. The third-order valence-electron chi connectivity index (χ3n) is 4.84. The Balaban J connectivity index is 1.93. The van der Waals surface area contributed by atoms with Crippen LogP contribution in [0.1, 0.15) is 30.9 Å². The number of nitrogens with zero attached hydrogens (tertiary/aromatic N) is 2. The van der Waals surface area contributed by atoms with E-state index in [0.29, 0.717) is 5.92 Å². The van der Waals surface area contributed by atoms with Gasteiger partial charge in [-0.1, -0.05) is 37.3 Å². The molecule has 1 aliphatic heterocycles. The van der Waals surface area contributed by atoms with Crippen LogP contribution >= 0.6 is 0 Å². The van der Waals surface area contributed by atoms with Crippen molar-refractivity contribution < 1.29 is 9.72 Å². The molecule has 2 aromatic rings. The number of non-ortho nitro benzene ring substituents is 1. The molecule has 1 aliphatic rings. The number of piperidine rings is 1. The molecule has 0 aliphatic carbocycles. The summed E-state index contributed by atoms with van der Waals surface area (Å²) in [4.78, 5) is 25.1. The highest BCUT2D eigenvalue weighted by Gasteiger charge is 2.20. The summed E-state index contributed by atoms with van der Waals surface area (Å²) in [5, 5.41) is 10.9. The van der Waals surface area contributed by atoms with E-state index in [4.69, 9.17) is 0 Å². The zero-order chi connectivity index (χ0) is 18.5. The molecule has 134 valence electrons. The maximum absolute atomic E-state index is 12.8. The lowest BCUT2D eigenvalue weighted by Gasteiger charge is -2.29. The molecule has 3 rings (SSSR count). The van der Waals surface area contributed by atoms with E-state index in [2.05, 4.69) is 6.92 Å². The molecule has 0 spiro atoms. The largest absolute Gasteiger partial charge is 0.339 e. The lowest BCUT2D eigenvalue weighted by molar-refractivity contribution is -0.384. The highest BCUT2D eigenvalue weighted by Crippen LogP contribution is 2.26. The summed E-state index contributed by atoms with van der Waals surface area (Å²) in [6.07, 6.45) is 3.71. The molecule has 26 heavy (non-hydrogen) atoms. The number of benzene rings is 2. The Bertz CT molecular complexity index is 805. The van der Waals surface area contributed by atoms with Crippen LogP contribution in [-0.2, 0) is 4.79 Å². The molecule has 1 saturated heterocycles. The van der Waals surface area contributed by atoms with E-state index in [1.54, 1.807) is 18.2 Å². The standard InChI is InChI=1S/C21H22N2O3/c1-16-11-13-22(14-12-16)21(24)15-20(17-5-3-2-4-6-17)18-7-9-19(10-8-18)23(25)26/h2-10,15-16H,11-14H2,1H3. The average Bonchev–Trinajstić information content (AvgIpc) is 2.67. The SMILES string of the molecule is CC1CCN(C(=O)C=C(c2ccccc2)c2ccc([N+](=O)[O-])cc2)CC1. The van der Waals surface area contributed by atoms with Crippen molar-refractivity contribution in [1.29, 1.82) is 0 Å². The van der Waals surface area contributed by atoms with E-state index in [-0.39, 0.29) is 11.6 Å². The van der Waals surface area contributed by atoms with Crippen molar-refractivity contribution in [3.8, 4) is 0 Å². The lowest BCUT2D eigenvalue weighted by Crippen LogP contribution is -2.37. The first kappa shape index (κ1) is 17.9. The Morgan fingerprint density at radius 3 is 2.19 bits per heavy atom. The van der Waals surface area contributed by atoms with Gasteiger partial charge in [0.25, 0.3) is 5.69 Å². The van der Waals surface area contributed by atoms with Crippen molar-refractivity contribution in [2.24, 2.45) is 5.92 Å². The van der Waals surface area contributed by atoms with E-state index >= 15 is 0 Å². The third-order valence-corrected chi connectivity index (χ3v) is 4.84. The first-order valence-electron chi connectivity index (χ1n) is 8.85. The van der Waals surface area contributed by atoms with Gasteiger partial charge in [-0.05, 0) is 47.6 Å². The second kappa shape index (κ2) is 7.95. The fourth-order valence-electron chi connectivity index (χ4n) is 3.16. The summed E-state index contributed by atoms with van der Waals surface area (Å²) in [5.41, 5.74) is 2.53. The van der Waals surface area contributed by atoms with E-state index < -0.39 is 4.92 Å². The molecule has 2 aromatic carbocycles. The first-order chi connectivity index (χ1) is 12.5. The van der Waals surface area contributed by atoms with Gasteiger partial charge in [0.1, 0.15) is 0 Å². The number of amides is 1. The summed E-state index contributed by atoms with van der Waals surface area (Å²) in [7, 11) is 0. The minimum absolute atomic E-state index is 0.00546. The number of hydrogen-bond acceptors (Lipinski definition) is 3. The van der Waals surface area contributed by atoms with Crippen LogP contribution in [0.2, 0.25) is 0 Å². The number of nitro groups is 1. The summed E-state index contributed by atoms with van der Waals surface area (Å²) in [6, 6.07) is 16.0. The number of likely N-dealkylation sites (tertiary alicyclic amines) is 1. The van der Waals surface area contributed by atoms with E-state index in [0.717, 1.165) is 42.6 Å². The molecule has 0 unspecified atom stereocenters. The zero-order valence-corrected chi connectivity index (χ0v) is 14.8. The van der Waals surface area contributed by atoms with E-state index in [1.165, 1.54) is 12.1 Å². The molecule has 0 saturated carbocycles. The quantitative estimate of drug-likeness (QED) is 0.469. The van der Waals surface area contributed by atoms with Gasteiger partial charge in [0.05, 0.1) is 4.92 Å². The van der Waals surface area contributed by atoms with Gasteiger partial charge < -0.3 is 4.90 Å². The molecule has 0 radical (unpaired) electrons. The molecule has 5 nitrogen and oxygen atoms in total. The minimum Gasteiger partial charge on any atom is -0.339 e. The van der Waals surface area contributed by atoms with Crippen molar-refractivity contribution in [2.45, 2.75) is 19.8 Å². The maximum Gasteiger partial charge on any atom is 0.269 e. The molecule has 0 bridgehead atoms. The van der Waals surface area contributed by atoms with Crippen LogP contribution in [0.15, 0.2) is 60.7 Å². The van der Waals surface area contributed by atoms with Crippen molar-refractivity contribution in [3.63, 3.8) is 0 Å². The molecule has 1 amide bonds. The fourth-order valence-corrected chi connectivity index (χ4v) is 3.16. The second-order valence-corrected chi connectivity index (χ2v) is 6.74. The van der Waals surface area contributed by atoms with Crippen molar-refractivity contribution in [2.75, 3.05) is 13.1 Å². The molecule has 5 heteroatoms. The summed E-state index contributed by atoms with van der Waals surface area (Å²) in [5.74, 6) is 0.653. The van der Waals surface area contributed by atoms with Gasteiger partial charge in [-0.3, -0.25) is 14.9 Å². The highest BCUT2D eigenvalue weighted by molar-refractivity contribution is 5.99. The van der Waals surface area contributed by atoms with Gasteiger partial charge in [-0.25, -0.2) is 0 Å². The number of nitro benzene ring substituents is 1. The zero-order valence-electron chi connectivity index (χ0n) is 14.8. The molecule has 0 aromatic heterocycles. The number of rotatable bonds is 4. The Morgan fingerprint density at radius 2 is 1.62 bits per heavy atom. The minimum atomic E-state index is -0.421. The van der Waals surface area contributed by atoms with Crippen LogP contribution in [0.5, 0.6) is 0 Å². The van der Waals surface area contributed by atoms with Gasteiger partial charge >= 0.3 is 0 Å². The Labute approximate surface area is 153 Å². The summed E-state index contributed by atoms with van der Waals surface area (Å²) >= 11 is 0. The summed E-state index contributed by atoms with van der Waals surface area (Å²) in [6.45, 7) is 3.77. The van der Waals surface area contributed by atoms with Crippen LogP contribution in [0.25, 0.3) is 5.57 Å². The van der Waals surface area contributed by atoms with Crippen LogP contribution < -0.4 is 0 Å². The molecular weight excluding hydrogens is 328 g/mol. The lowest BCUT2D eigenvalue weighted by atomic mass is 9.96. The van der Waals surface area contributed by atoms with Gasteiger partial charge in [0, 0.05) is 31.3 Å². The highest BCUT2D eigenvalue weighted by atomic mass is 16.6. The molecule has 1 heterocycles. The van der Waals surface area contributed by atoms with Crippen LogP contribution in [0.3, 0.4) is 0 Å². The second-order valence-electron chi connectivity index (χ2n) is 6.74. The topological polar surface area (TPSA) is 63.5 Å². The van der Waals surface area contributed by atoms with Crippen molar-refractivity contribution in [1.82, 2.24) is 4.90 Å². The molecule has 0 N–H and O–H groups in total. The molecule has 1 fully saturated rings. The van der Waals surface area contributed by atoms with Crippen molar-refractivity contribution >= 4 is 17.2 Å². The molecular formula is C21H22N2O3. The van der Waals surface area contributed by atoms with E-state index in [1.807, 2.05) is 35.2 Å². The number of carbonyl (C=O) groups is 1. The Kier molecular flexibility index (Phi) is 5.46. The first-order valence-corrected chi connectivity index (χ1v) is 8.85. The maximum atomic E-state index is 12.8. The average molecular weight is 350 g/mol. The van der Waals surface area contributed by atoms with E-state index in [9.17, 15) is 14.9 Å². The van der Waals surface area contributed by atoms with Crippen LogP contribution in [-0.4, -0.2) is 28.8 Å². The third kappa shape index (κ3) is 4.17. The molecule has 0 atom stereocenters.